The van der Waals surface area contributed by atoms with Crippen LogP contribution in [-0.2, 0) is 10.0 Å². The number of benzene rings is 4. The SMILES string of the molecule is CNC(=O)c1c(-c2ccc(F)cc2)oc2cc(N(C)S(C)(=O)=O)c(-c3cccc(-c4nnc(-c5ccccc5)s4)c3)cc12. The fourth-order valence-corrected chi connectivity index (χ4v) is 6.17. The first-order valence-corrected chi connectivity index (χ1v) is 15.8. The molecular weight excluding hydrogens is 588 g/mol. The van der Waals surface area contributed by atoms with E-state index >= 15 is 0 Å². The molecule has 6 rings (SSSR count). The van der Waals surface area contributed by atoms with Crippen LogP contribution in [-0.4, -0.2) is 44.9 Å². The maximum absolute atomic E-state index is 13.7. The van der Waals surface area contributed by atoms with Gasteiger partial charge in [0, 0.05) is 47.8 Å². The molecule has 2 heterocycles. The summed E-state index contributed by atoms with van der Waals surface area (Å²) in [6, 6.07) is 26.3. The molecule has 1 N–H and O–H groups in total. The van der Waals surface area contributed by atoms with Gasteiger partial charge in [-0.1, -0.05) is 59.9 Å². The fraction of sp³-hybridized carbons (Fsp3) is 0.0938. The van der Waals surface area contributed by atoms with E-state index < -0.39 is 21.7 Å². The van der Waals surface area contributed by atoms with Gasteiger partial charge >= 0.3 is 0 Å². The molecule has 0 aliphatic heterocycles. The van der Waals surface area contributed by atoms with E-state index in [0.29, 0.717) is 38.4 Å². The van der Waals surface area contributed by atoms with Crippen LogP contribution >= 0.6 is 11.3 Å². The van der Waals surface area contributed by atoms with Gasteiger partial charge in [0.15, 0.2) is 0 Å². The van der Waals surface area contributed by atoms with Crippen molar-refractivity contribution in [1.29, 1.82) is 0 Å². The molecule has 0 aliphatic carbocycles. The molecule has 216 valence electrons. The first-order valence-electron chi connectivity index (χ1n) is 13.2. The highest BCUT2D eigenvalue weighted by atomic mass is 32.2. The van der Waals surface area contributed by atoms with Crippen molar-refractivity contribution in [1.82, 2.24) is 15.5 Å². The molecule has 6 aromatic rings. The molecule has 11 heteroatoms. The second-order valence-electron chi connectivity index (χ2n) is 9.85. The van der Waals surface area contributed by atoms with Crippen molar-refractivity contribution in [2.24, 2.45) is 0 Å². The lowest BCUT2D eigenvalue weighted by atomic mass is 9.97. The number of halogens is 1. The molecule has 0 saturated heterocycles. The lowest BCUT2D eigenvalue weighted by molar-refractivity contribution is 0.0964. The summed E-state index contributed by atoms with van der Waals surface area (Å²) in [7, 11) is -0.701. The lowest BCUT2D eigenvalue weighted by Crippen LogP contribution is -2.25. The molecule has 0 radical (unpaired) electrons. The highest BCUT2D eigenvalue weighted by Gasteiger charge is 2.26. The van der Waals surface area contributed by atoms with Crippen molar-refractivity contribution in [2.45, 2.75) is 0 Å². The third-order valence-electron chi connectivity index (χ3n) is 7.07. The maximum atomic E-state index is 13.7. The Morgan fingerprint density at radius 3 is 2.19 bits per heavy atom. The summed E-state index contributed by atoms with van der Waals surface area (Å²) >= 11 is 1.45. The first kappa shape index (κ1) is 28.3. The predicted molar refractivity (Wildman–Crippen MR) is 168 cm³/mol. The van der Waals surface area contributed by atoms with Crippen LogP contribution in [0.2, 0.25) is 0 Å². The van der Waals surface area contributed by atoms with Gasteiger partial charge in [-0.15, -0.1) is 10.2 Å². The number of anilines is 1. The average molecular weight is 613 g/mol. The highest BCUT2D eigenvalue weighted by molar-refractivity contribution is 7.92. The van der Waals surface area contributed by atoms with Gasteiger partial charge in [-0.3, -0.25) is 9.10 Å². The number of aromatic nitrogens is 2. The van der Waals surface area contributed by atoms with Crippen LogP contribution in [0.25, 0.3) is 54.6 Å². The van der Waals surface area contributed by atoms with Crippen LogP contribution in [0.3, 0.4) is 0 Å². The highest BCUT2D eigenvalue weighted by Crippen LogP contribution is 2.42. The van der Waals surface area contributed by atoms with E-state index in [1.807, 2.05) is 54.6 Å². The number of nitrogens with zero attached hydrogens (tertiary/aromatic N) is 3. The Morgan fingerprint density at radius 2 is 1.51 bits per heavy atom. The van der Waals surface area contributed by atoms with Crippen molar-refractivity contribution in [2.75, 3.05) is 24.7 Å². The Hall–Kier alpha value is -4.87. The molecule has 0 unspecified atom stereocenters. The predicted octanol–water partition coefficient (Wildman–Crippen LogP) is 6.85. The number of fused-ring (bicyclic) bond motifs is 1. The number of nitrogens with one attached hydrogen (secondary N) is 1. The molecular formula is C32H25FN4O4S2. The second-order valence-corrected chi connectivity index (χ2v) is 12.8. The zero-order chi connectivity index (χ0) is 30.3. The van der Waals surface area contributed by atoms with E-state index in [2.05, 4.69) is 15.5 Å². The zero-order valence-electron chi connectivity index (χ0n) is 23.3. The number of carbonyl (C=O) groups is 1. The van der Waals surface area contributed by atoms with Gasteiger partial charge in [0.25, 0.3) is 5.91 Å². The Bertz CT molecular complexity index is 2090. The van der Waals surface area contributed by atoms with E-state index in [1.54, 1.807) is 12.1 Å². The molecule has 4 aromatic carbocycles. The summed E-state index contributed by atoms with van der Waals surface area (Å²) in [5.74, 6) is -0.577. The smallest absolute Gasteiger partial charge is 0.255 e. The van der Waals surface area contributed by atoms with E-state index in [-0.39, 0.29) is 11.3 Å². The van der Waals surface area contributed by atoms with Crippen LogP contribution in [0.1, 0.15) is 10.4 Å². The number of furan rings is 1. The lowest BCUT2D eigenvalue weighted by Gasteiger charge is -2.21. The van der Waals surface area contributed by atoms with Gasteiger partial charge in [-0.2, -0.15) is 0 Å². The minimum Gasteiger partial charge on any atom is -0.455 e. The molecule has 2 aromatic heterocycles. The van der Waals surface area contributed by atoms with Gasteiger partial charge in [-0.05, 0) is 42.0 Å². The molecule has 0 bridgehead atoms. The van der Waals surface area contributed by atoms with Crippen molar-refractivity contribution < 1.29 is 22.0 Å². The summed E-state index contributed by atoms with van der Waals surface area (Å²) in [4.78, 5) is 13.2. The molecule has 0 saturated carbocycles. The molecule has 0 atom stereocenters. The Kier molecular flexibility index (Phi) is 7.28. The molecule has 1 amide bonds. The topological polar surface area (TPSA) is 105 Å². The first-order chi connectivity index (χ1) is 20.6. The van der Waals surface area contributed by atoms with E-state index in [4.69, 9.17) is 4.42 Å². The average Bonchev–Trinajstić information content (AvgIpc) is 3.66. The van der Waals surface area contributed by atoms with Crippen LogP contribution in [0.5, 0.6) is 0 Å². The van der Waals surface area contributed by atoms with Crippen LogP contribution < -0.4 is 9.62 Å². The minimum atomic E-state index is -3.68. The van der Waals surface area contributed by atoms with E-state index in [0.717, 1.165) is 22.4 Å². The van der Waals surface area contributed by atoms with Crippen LogP contribution in [0.4, 0.5) is 10.1 Å². The number of carbonyl (C=O) groups excluding carboxylic acids is 1. The summed E-state index contributed by atoms with van der Waals surface area (Å²) in [5.41, 5.74) is 4.45. The minimum absolute atomic E-state index is 0.246. The van der Waals surface area contributed by atoms with E-state index in [1.165, 1.54) is 54.0 Å². The molecule has 0 fully saturated rings. The number of hydrogen-bond donors (Lipinski definition) is 1. The summed E-state index contributed by atoms with van der Waals surface area (Å²) in [6.07, 6.45) is 1.12. The van der Waals surface area contributed by atoms with Crippen LogP contribution in [0.15, 0.2) is 95.4 Å². The zero-order valence-corrected chi connectivity index (χ0v) is 25.0. The van der Waals surface area contributed by atoms with Crippen molar-refractivity contribution >= 4 is 43.9 Å². The Labute approximate surface area is 251 Å². The fourth-order valence-electron chi connectivity index (χ4n) is 4.81. The van der Waals surface area contributed by atoms with Gasteiger partial charge in [0.1, 0.15) is 27.2 Å². The Morgan fingerprint density at radius 1 is 0.860 bits per heavy atom. The molecule has 0 aliphatic rings. The number of sulfonamides is 1. The number of hydrogen-bond acceptors (Lipinski definition) is 7. The van der Waals surface area contributed by atoms with Gasteiger partial charge in [0.05, 0.1) is 17.5 Å². The largest absolute Gasteiger partial charge is 0.455 e. The van der Waals surface area contributed by atoms with Crippen molar-refractivity contribution in [3.8, 4) is 43.6 Å². The van der Waals surface area contributed by atoms with Gasteiger partial charge in [-0.25, -0.2) is 12.8 Å². The number of rotatable bonds is 7. The third kappa shape index (κ3) is 5.40. The second kappa shape index (κ2) is 11.1. The van der Waals surface area contributed by atoms with E-state index in [9.17, 15) is 17.6 Å². The summed E-state index contributed by atoms with van der Waals surface area (Å²) < 4.78 is 46.5. The van der Waals surface area contributed by atoms with Crippen molar-refractivity contribution in [3.05, 3.63) is 102 Å². The summed E-state index contributed by atoms with van der Waals surface area (Å²) in [5, 5.41) is 13.4. The monoisotopic (exact) mass is 612 g/mol. The van der Waals surface area contributed by atoms with Crippen molar-refractivity contribution in [3.63, 3.8) is 0 Å². The standard InChI is InChI=1S/C32H25FN4O4S2/c1-34-30(38)28-25-17-24(21-10-7-11-22(16-21)32-36-35-31(42-32)20-8-5-4-6-9-20)26(37(2)43(3,39)40)18-27(25)41-29(28)19-12-14-23(33)15-13-19/h4-18H,1-3H3,(H,34,38). The Balaban J connectivity index is 1.55. The third-order valence-corrected chi connectivity index (χ3v) is 9.28. The number of amides is 1. The molecule has 43 heavy (non-hydrogen) atoms. The van der Waals surface area contributed by atoms with Crippen LogP contribution in [0, 0.1) is 5.82 Å². The normalized spacial score (nSPS) is 11.5. The molecule has 8 nitrogen and oxygen atoms in total. The molecule has 0 spiro atoms. The quantitative estimate of drug-likeness (QED) is 0.212. The van der Waals surface area contributed by atoms with Gasteiger partial charge in [0.2, 0.25) is 10.0 Å². The van der Waals surface area contributed by atoms with Gasteiger partial charge < -0.3 is 9.73 Å². The summed E-state index contributed by atoms with van der Waals surface area (Å²) in [6.45, 7) is 0. The maximum Gasteiger partial charge on any atom is 0.255 e.